The number of nitrogens with two attached hydrogens (primary N) is 2. The summed E-state index contributed by atoms with van der Waals surface area (Å²) in [5.74, 6) is 1.31. The van der Waals surface area contributed by atoms with Crippen molar-refractivity contribution in [3.05, 3.63) is 48.7 Å². The highest BCUT2D eigenvalue weighted by atomic mass is 16.5. The first-order valence-electron chi connectivity index (χ1n) is 8.16. The van der Waals surface area contributed by atoms with Crippen molar-refractivity contribution in [2.24, 2.45) is 16.0 Å². The maximum atomic E-state index is 11.3. The second-order valence-electron chi connectivity index (χ2n) is 5.41. The standard InChI is InChI=1S/C18H22N6O2/c1-3-6-12(2)26-15-8-5-4-7-13(15)23-24-14-9-10-16(22-18(14)20)21-17(25)11-19/h4-5,7-10H,2-3,6,11,19H2,1H3,(H3,20,21,22,25). The van der Waals surface area contributed by atoms with E-state index in [2.05, 4.69) is 34.0 Å². The van der Waals surface area contributed by atoms with Crippen LogP contribution in [0.3, 0.4) is 0 Å². The second-order valence-corrected chi connectivity index (χ2v) is 5.41. The molecule has 1 amide bonds. The molecule has 0 saturated carbocycles. The van der Waals surface area contributed by atoms with Gasteiger partial charge < -0.3 is 21.5 Å². The van der Waals surface area contributed by atoms with E-state index in [0.717, 1.165) is 12.8 Å². The number of pyridine rings is 1. The van der Waals surface area contributed by atoms with Crippen molar-refractivity contribution in [1.82, 2.24) is 4.98 Å². The van der Waals surface area contributed by atoms with Gasteiger partial charge in [0.25, 0.3) is 0 Å². The van der Waals surface area contributed by atoms with E-state index in [1.807, 2.05) is 12.1 Å². The van der Waals surface area contributed by atoms with Crippen LogP contribution >= 0.6 is 0 Å². The van der Waals surface area contributed by atoms with Gasteiger partial charge in [0, 0.05) is 6.42 Å². The Hall–Kier alpha value is -3.26. The van der Waals surface area contributed by atoms with Crippen LogP contribution < -0.4 is 21.5 Å². The van der Waals surface area contributed by atoms with E-state index in [-0.39, 0.29) is 18.3 Å². The number of hydrogen-bond acceptors (Lipinski definition) is 7. The number of rotatable bonds is 8. The van der Waals surface area contributed by atoms with Crippen LogP contribution in [0, 0.1) is 0 Å². The van der Waals surface area contributed by atoms with Gasteiger partial charge in [-0.15, -0.1) is 10.2 Å². The minimum atomic E-state index is -0.357. The monoisotopic (exact) mass is 354 g/mol. The molecule has 1 aromatic carbocycles. The summed E-state index contributed by atoms with van der Waals surface area (Å²) in [6.07, 6.45) is 1.70. The Morgan fingerprint density at radius 3 is 2.65 bits per heavy atom. The number of carbonyl (C=O) groups excluding carboxylic acids is 1. The Morgan fingerprint density at radius 2 is 1.96 bits per heavy atom. The smallest absolute Gasteiger partial charge is 0.239 e. The predicted molar refractivity (Wildman–Crippen MR) is 102 cm³/mol. The number of ether oxygens (including phenoxy) is 1. The summed E-state index contributed by atoms with van der Waals surface area (Å²) < 4.78 is 5.73. The number of nitrogen functional groups attached to an aromatic ring is 1. The summed E-state index contributed by atoms with van der Waals surface area (Å²) >= 11 is 0. The van der Waals surface area contributed by atoms with E-state index in [0.29, 0.717) is 28.7 Å². The maximum absolute atomic E-state index is 11.3. The van der Waals surface area contributed by atoms with Gasteiger partial charge in [0.2, 0.25) is 5.91 Å². The van der Waals surface area contributed by atoms with Crippen LogP contribution in [0.1, 0.15) is 19.8 Å². The molecule has 1 aromatic heterocycles. The number of benzene rings is 1. The van der Waals surface area contributed by atoms with Crippen LogP contribution in [0.5, 0.6) is 5.75 Å². The molecule has 2 aromatic rings. The number of hydrogen-bond donors (Lipinski definition) is 3. The van der Waals surface area contributed by atoms with Crippen molar-refractivity contribution in [1.29, 1.82) is 0 Å². The fourth-order valence-corrected chi connectivity index (χ4v) is 2.03. The number of anilines is 2. The molecule has 5 N–H and O–H groups in total. The van der Waals surface area contributed by atoms with Crippen molar-refractivity contribution in [3.63, 3.8) is 0 Å². The molecule has 0 atom stereocenters. The van der Waals surface area contributed by atoms with E-state index in [9.17, 15) is 4.79 Å². The summed E-state index contributed by atoms with van der Waals surface area (Å²) in [4.78, 5) is 15.3. The lowest BCUT2D eigenvalue weighted by Gasteiger charge is -2.09. The summed E-state index contributed by atoms with van der Waals surface area (Å²) in [5.41, 5.74) is 12.0. The minimum Gasteiger partial charge on any atom is -0.460 e. The zero-order valence-corrected chi connectivity index (χ0v) is 14.6. The molecule has 8 nitrogen and oxygen atoms in total. The van der Waals surface area contributed by atoms with Gasteiger partial charge in [0.15, 0.2) is 11.6 Å². The second kappa shape index (κ2) is 9.28. The maximum Gasteiger partial charge on any atom is 0.239 e. The molecule has 2 rings (SSSR count). The van der Waals surface area contributed by atoms with Crippen molar-refractivity contribution in [2.75, 3.05) is 17.6 Å². The normalized spacial score (nSPS) is 10.7. The Balaban J connectivity index is 2.17. The summed E-state index contributed by atoms with van der Waals surface area (Å²) in [6.45, 7) is 5.80. The number of azo groups is 1. The average molecular weight is 354 g/mol. The third kappa shape index (κ3) is 5.38. The predicted octanol–water partition coefficient (Wildman–Crippen LogP) is 3.67. The first kappa shape index (κ1) is 19.1. The molecule has 0 saturated heterocycles. The summed E-state index contributed by atoms with van der Waals surface area (Å²) in [7, 11) is 0. The molecule has 0 spiro atoms. The molecule has 0 bridgehead atoms. The van der Waals surface area contributed by atoms with Crippen molar-refractivity contribution in [3.8, 4) is 5.75 Å². The van der Waals surface area contributed by atoms with Gasteiger partial charge in [-0.05, 0) is 30.7 Å². The summed E-state index contributed by atoms with van der Waals surface area (Å²) in [6, 6.07) is 10.4. The Bertz CT molecular complexity index is 819. The van der Waals surface area contributed by atoms with Crippen molar-refractivity contribution in [2.45, 2.75) is 19.8 Å². The van der Waals surface area contributed by atoms with Gasteiger partial charge in [-0.1, -0.05) is 25.6 Å². The molecule has 0 aliphatic rings. The SMILES string of the molecule is C=C(CCC)Oc1ccccc1N=Nc1ccc(NC(=O)CN)nc1N. The Morgan fingerprint density at radius 1 is 1.23 bits per heavy atom. The first-order valence-corrected chi connectivity index (χ1v) is 8.16. The van der Waals surface area contributed by atoms with E-state index in [1.54, 1.807) is 24.3 Å². The Labute approximate surface area is 152 Å². The highest BCUT2D eigenvalue weighted by Gasteiger charge is 2.07. The minimum absolute atomic E-state index is 0.136. The van der Waals surface area contributed by atoms with Crippen LogP contribution in [0.4, 0.5) is 23.0 Å². The number of nitrogens with one attached hydrogen (secondary N) is 1. The fourth-order valence-electron chi connectivity index (χ4n) is 2.03. The van der Waals surface area contributed by atoms with Crippen LogP contribution in [0.25, 0.3) is 0 Å². The third-order valence-corrected chi connectivity index (χ3v) is 3.27. The quantitative estimate of drug-likeness (QED) is 0.492. The lowest BCUT2D eigenvalue weighted by molar-refractivity contribution is -0.114. The molecular weight excluding hydrogens is 332 g/mol. The topological polar surface area (TPSA) is 128 Å². The summed E-state index contributed by atoms with van der Waals surface area (Å²) in [5, 5.41) is 10.8. The van der Waals surface area contributed by atoms with Gasteiger partial charge in [0.1, 0.15) is 17.2 Å². The van der Waals surface area contributed by atoms with Gasteiger partial charge in [0.05, 0.1) is 12.3 Å². The molecule has 0 aliphatic heterocycles. The third-order valence-electron chi connectivity index (χ3n) is 3.27. The van der Waals surface area contributed by atoms with Gasteiger partial charge in [-0.2, -0.15) is 0 Å². The molecule has 0 aliphatic carbocycles. The van der Waals surface area contributed by atoms with E-state index >= 15 is 0 Å². The van der Waals surface area contributed by atoms with Crippen molar-refractivity contribution >= 4 is 28.9 Å². The Kier molecular flexibility index (Phi) is 6.81. The molecule has 1 heterocycles. The number of nitrogens with zero attached hydrogens (tertiary/aromatic N) is 3. The largest absolute Gasteiger partial charge is 0.460 e. The van der Waals surface area contributed by atoms with Gasteiger partial charge in [-0.3, -0.25) is 4.79 Å². The van der Waals surface area contributed by atoms with Crippen LogP contribution in [0.15, 0.2) is 59.0 Å². The molecule has 26 heavy (non-hydrogen) atoms. The van der Waals surface area contributed by atoms with Gasteiger partial charge in [-0.25, -0.2) is 4.98 Å². The number of para-hydroxylation sites is 1. The zero-order chi connectivity index (χ0) is 18.9. The van der Waals surface area contributed by atoms with E-state index in [1.165, 1.54) is 0 Å². The number of carbonyl (C=O) groups is 1. The van der Waals surface area contributed by atoms with Crippen LogP contribution in [-0.2, 0) is 4.79 Å². The highest BCUT2D eigenvalue weighted by Crippen LogP contribution is 2.31. The van der Waals surface area contributed by atoms with Crippen LogP contribution in [-0.4, -0.2) is 17.4 Å². The first-order chi connectivity index (χ1) is 12.5. The molecule has 0 fully saturated rings. The van der Waals surface area contributed by atoms with Gasteiger partial charge >= 0.3 is 0 Å². The van der Waals surface area contributed by atoms with E-state index in [4.69, 9.17) is 16.2 Å². The van der Waals surface area contributed by atoms with E-state index < -0.39 is 0 Å². The molecule has 0 unspecified atom stereocenters. The lowest BCUT2D eigenvalue weighted by atomic mass is 10.3. The molecular formula is C18H22N6O2. The number of aromatic nitrogens is 1. The highest BCUT2D eigenvalue weighted by molar-refractivity contribution is 5.91. The lowest BCUT2D eigenvalue weighted by Crippen LogP contribution is -2.22. The zero-order valence-electron chi connectivity index (χ0n) is 14.6. The fraction of sp³-hybridized carbons (Fsp3) is 0.222. The molecule has 136 valence electrons. The number of allylic oxidation sites excluding steroid dienone is 1. The van der Waals surface area contributed by atoms with Crippen LogP contribution in [0.2, 0.25) is 0 Å². The molecule has 0 radical (unpaired) electrons. The van der Waals surface area contributed by atoms with Crippen molar-refractivity contribution < 1.29 is 9.53 Å². The number of amides is 1. The molecule has 8 heteroatoms. The average Bonchev–Trinajstić information content (AvgIpc) is 2.62.